The van der Waals surface area contributed by atoms with E-state index in [4.69, 9.17) is 27.1 Å². The van der Waals surface area contributed by atoms with E-state index in [1.807, 2.05) is 42.9 Å². The van der Waals surface area contributed by atoms with Gasteiger partial charge in [0, 0.05) is 59.8 Å². The van der Waals surface area contributed by atoms with Crippen LogP contribution in [0.25, 0.3) is 22.2 Å². The van der Waals surface area contributed by atoms with E-state index in [0.29, 0.717) is 36.8 Å². The second-order valence-electron chi connectivity index (χ2n) is 12.0. The number of pyridine rings is 2. The van der Waals surface area contributed by atoms with Gasteiger partial charge in [0.1, 0.15) is 17.7 Å². The molecular formula is C37H38ClN7O4. The highest BCUT2D eigenvalue weighted by molar-refractivity contribution is 6.33. The van der Waals surface area contributed by atoms with E-state index in [1.165, 1.54) is 6.07 Å². The Morgan fingerprint density at radius 1 is 1.04 bits per heavy atom. The minimum atomic E-state index is -0.722. The van der Waals surface area contributed by atoms with E-state index in [9.17, 15) is 14.4 Å². The standard InChI is InChI=1S/C37H38ClN7O4/c1-3-31-29(34(41-26-13-15-49-16-14-26)28-19-40-45(4-2)36(28)43-31)21-44(37(48)33-10-6-9-32(42-33)35(39)47)20-23-11-12-30(38)27(18-23)25-8-5-7-24(17-25)22-46/h5-12,17-19,22,26H,3-4,13-16,20-21H2,1-2H3,(H2,39,47)(H,41,43). The smallest absolute Gasteiger partial charge is 0.273 e. The number of nitrogens with two attached hydrogens (primary N) is 1. The van der Waals surface area contributed by atoms with Crippen molar-refractivity contribution in [2.75, 3.05) is 18.5 Å². The number of nitrogens with zero attached hydrogens (tertiary/aromatic N) is 5. The number of aldehydes is 1. The van der Waals surface area contributed by atoms with Gasteiger partial charge in [0.05, 0.1) is 23.8 Å². The number of benzene rings is 2. The third-order valence-corrected chi connectivity index (χ3v) is 9.10. The molecule has 5 aromatic rings. The van der Waals surface area contributed by atoms with Crippen LogP contribution in [-0.2, 0) is 30.8 Å². The molecule has 0 atom stereocenters. The van der Waals surface area contributed by atoms with Gasteiger partial charge in [-0.3, -0.25) is 14.4 Å². The molecular weight excluding hydrogens is 642 g/mol. The van der Waals surface area contributed by atoms with Crippen molar-refractivity contribution in [1.29, 1.82) is 0 Å². The zero-order chi connectivity index (χ0) is 34.5. The summed E-state index contributed by atoms with van der Waals surface area (Å²) in [5.74, 6) is -1.11. The largest absolute Gasteiger partial charge is 0.381 e. The Labute approximate surface area is 289 Å². The summed E-state index contributed by atoms with van der Waals surface area (Å²) in [6.45, 7) is 6.44. The van der Waals surface area contributed by atoms with Gasteiger partial charge in [-0.15, -0.1) is 0 Å². The number of aryl methyl sites for hydroxylation is 2. The second kappa shape index (κ2) is 15.0. The first kappa shape index (κ1) is 33.8. The highest BCUT2D eigenvalue weighted by atomic mass is 35.5. The number of hydrogen-bond acceptors (Lipinski definition) is 8. The number of carbonyl (C=O) groups excluding carboxylic acids is 3. The first-order valence-electron chi connectivity index (χ1n) is 16.4. The van der Waals surface area contributed by atoms with Crippen molar-refractivity contribution < 1.29 is 19.1 Å². The SMILES string of the molecule is CCc1nc2c(cnn2CC)c(NC2CCOCC2)c1CN(Cc1ccc(Cl)c(-c2cccc(C=O)c2)c1)C(=O)c1cccc(C(N)=O)n1. The topological polar surface area (TPSA) is 145 Å². The molecule has 1 aliphatic rings. The Balaban J connectivity index is 1.46. The molecule has 0 aliphatic carbocycles. The predicted molar refractivity (Wildman–Crippen MR) is 189 cm³/mol. The van der Waals surface area contributed by atoms with Crippen LogP contribution in [0.1, 0.15) is 74.8 Å². The molecule has 3 N–H and O–H groups in total. The molecule has 0 saturated carbocycles. The molecule has 4 heterocycles. The molecule has 11 nitrogen and oxygen atoms in total. The molecule has 2 amide bonds. The van der Waals surface area contributed by atoms with Gasteiger partial charge in [-0.25, -0.2) is 14.6 Å². The van der Waals surface area contributed by atoms with Crippen molar-refractivity contribution in [1.82, 2.24) is 24.6 Å². The molecule has 0 bridgehead atoms. The molecule has 0 spiro atoms. The Morgan fingerprint density at radius 3 is 2.55 bits per heavy atom. The van der Waals surface area contributed by atoms with Gasteiger partial charge in [0.2, 0.25) is 0 Å². The minimum Gasteiger partial charge on any atom is -0.381 e. The number of hydrogen-bond donors (Lipinski definition) is 2. The predicted octanol–water partition coefficient (Wildman–Crippen LogP) is 6.07. The van der Waals surface area contributed by atoms with Crippen molar-refractivity contribution in [2.45, 2.75) is 58.8 Å². The number of amides is 2. The zero-order valence-corrected chi connectivity index (χ0v) is 28.2. The normalized spacial score (nSPS) is 13.4. The first-order valence-corrected chi connectivity index (χ1v) is 16.8. The lowest BCUT2D eigenvalue weighted by molar-refractivity contribution is 0.0723. The molecule has 49 heavy (non-hydrogen) atoms. The van der Waals surface area contributed by atoms with Gasteiger partial charge in [0.25, 0.3) is 11.8 Å². The molecule has 2 aromatic carbocycles. The van der Waals surface area contributed by atoms with Crippen molar-refractivity contribution in [3.05, 3.63) is 106 Å². The van der Waals surface area contributed by atoms with E-state index < -0.39 is 5.91 Å². The molecule has 12 heteroatoms. The zero-order valence-electron chi connectivity index (χ0n) is 27.5. The number of anilines is 1. The molecule has 0 unspecified atom stereocenters. The van der Waals surface area contributed by atoms with Crippen LogP contribution < -0.4 is 11.1 Å². The van der Waals surface area contributed by atoms with Crippen LogP contribution in [0.2, 0.25) is 5.02 Å². The van der Waals surface area contributed by atoms with Crippen LogP contribution >= 0.6 is 11.6 Å². The molecule has 1 fully saturated rings. The Kier molecular flexibility index (Phi) is 10.3. The van der Waals surface area contributed by atoms with Crippen LogP contribution in [-0.4, -0.2) is 62.0 Å². The van der Waals surface area contributed by atoms with Gasteiger partial charge in [-0.2, -0.15) is 5.10 Å². The van der Waals surface area contributed by atoms with Crippen LogP contribution in [0.5, 0.6) is 0 Å². The average molecular weight is 680 g/mol. The lowest BCUT2D eigenvalue weighted by atomic mass is 10.00. The Bertz CT molecular complexity index is 2020. The highest BCUT2D eigenvalue weighted by Crippen LogP contribution is 2.34. The summed E-state index contributed by atoms with van der Waals surface area (Å²) in [4.78, 5) is 49.0. The summed E-state index contributed by atoms with van der Waals surface area (Å²) in [6, 6.07) is 17.6. The number of nitrogens with one attached hydrogen (secondary N) is 1. The quantitative estimate of drug-likeness (QED) is 0.151. The molecule has 0 radical (unpaired) electrons. The Morgan fingerprint density at radius 2 is 1.82 bits per heavy atom. The number of fused-ring (bicyclic) bond motifs is 1. The third-order valence-electron chi connectivity index (χ3n) is 8.77. The van der Waals surface area contributed by atoms with E-state index in [0.717, 1.165) is 63.8 Å². The van der Waals surface area contributed by atoms with Crippen molar-refractivity contribution in [3.8, 4) is 11.1 Å². The maximum atomic E-state index is 14.4. The third kappa shape index (κ3) is 7.33. The summed E-state index contributed by atoms with van der Waals surface area (Å²) in [5, 5.41) is 9.80. The van der Waals surface area contributed by atoms with Crippen LogP contribution in [0.4, 0.5) is 5.69 Å². The number of rotatable bonds is 12. The molecule has 6 rings (SSSR count). The van der Waals surface area contributed by atoms with Crippen LogP contribution in [0.15, 0.2) is 66.9 Å². The second-order valence-corrected chi connectivity index (χ2v) is 12.4. The fourth-order valence-electron chi connectivity index (χ4n) is 6.22. The van der Waals surface area contributed by atoms with E-state index in [1.54, 1.807) is 41.3 Å². The monoisotopic (exact) mass is 679 g/mol. The fourth-order valence-corrected chi connectivity index (χ4v) is 6.44. The number of aromatic nitrogens is 4. The summed E-state index contributed by atoms with van der Waals surface area (Å²) < 4.78 is 7.51. The van der Waals surface area contributed by atoms with Gasteiger partial charge >= 0.3 is 0 Å². The summed E-state index contributed by atoms with van der Waals surface area (Å²) in [7, 11) is 0. The van der Waals surface area contributed by atoms with Gasteiger partial charge in [-0.1, -0.05) is 48.9 Å². The number of primary amides is 1. The van der Waals surface area contributed by atoms with E-state index in [-0.39, 0.29) is 36.4 Å². The highest BCUT2D eigenvalue weighted by Gasteiger charge is 2.26. The minimum absolute atomic E-state index is 0.000764. The van der Waals surface area contributed by atoms with Gasteiger partial charge in [0.15, 0.2) is 5.65 Å². The average Bonchev–Trinajstić information content (AvgIpc) is 3.55. The number of carbonyl (C=O) groups is 3. The lowest BCUT2D eigenvalue weighted by Crippen LogP contribution is -2.33. The van der Waals surface area contributed by atoms with Crippen LogP contribution in [0.3, 0.4) is 0 Å². The summed E-state index contributed by atoms with van der Waals surface area (Å²) in [5.41, 5.74) is 11.9. The lowest BCUT2D eigenvalue weighted by Gasteiger charge is -2.29. The molecule has 252 valence electrons. The summed E-state index contributed by atoms with van der Waals surface area (Å²) in [6.07, 6.45) is 4.94. The maximum absolute atomic E-state index is 14.4. The molecule has 1 aliphatic heterocycles. The van der Waals surface area contributed by atoms with E-state index >= 15 is 0 Å². The van der Waals surface area contributed by atoms with Crippen molar-refractivity contribution in [2.24, 2.45) is 5.73 Å². The van der Waals surface area contributed by atoms with Gasteiger partial charge < -0.3 is 20.7 Å². The summed E-state index contributed by atoms with van der Waals surface area (Å²) >= 11 is 6.66. The van der Waals surface area contributed by atoms with Crippen molar-refractivity contribution >= 4 is 46.4 Å². The maximum Gasteiger partial charge on any atom is 0.273 e. The van der Waals surface area contributed by atoms with Crippen molar-refractivity contribution in [3.63, 3.8) is 0 Å². The number of ether oxygens (including phenoxy) is 1. The number of halogens is 1. The van der Waals surface area contributed by atoms with Crippen LogP contribution in [0, 0.1) is 0 Å². The fraction of sp³-hybridized carbons (Fsp3) is 0.297. The van der Waals surface area contributed by atoms with E-state index in [2.05, 4.69) is 15.4 Å². The molecule has 3 aromatic heterocycles. The first-order chi connectivity index (χ1) is 23.8. The molecule has 1 saturated heterocycles. The van der Waals surface area contributed by atoms with Gasteiger partial charge in [-0.05, 0) is 67.6 Å². The Hall–Kier alpha value is -5.13.